The predicted octanol–water partition coefficient (Wildman–Crippen LogP) is 2.90. The van der Waals surface area contributed by atoms with Gasteiger partial charge in [0.15, 0.2) is 0 Å². The number of hydrogen-bond donors (Lipinski definition) is 2. The topological polar surface area (TPSA) is 50.9 Å². The quantitative estimate of drug-likeness (QED) is 0.780. The number of nitrogens with zero attached hydrogens (tertiary/aromatic N) is 1. The first-order chi connectivity index (χ1) is 7.19. The maximum atomic E-state index is 5.83. The Kier molecular flexibility index (Phi) is 4.40. The van der Waals surface area contributed by atoms with Crippen LogP contribution in [0.2, 0.25) is 0 Å². The van der Waals surface area contributed by atoms with Gasteiger partial charge in [-0.25, -0.2) is 0 Å². The van der Waals surface area contributed by atoms with Crippen molar-refractivity contribution in [3.05, 3.63) is 18.5 Å². The van der Waals surface area contributed by atoms with Crippen LogP contribution in [0.15, 0.2) is 18.5 Å². The molecule has 84 valence electrons. The Morgan fingerprint density at radius 3 is 2.60 bits per heavy atom. The van der Waals surface area contributed by atoms with E-state index in [0.717, 1.165) is 11.4 Å². The fourth-order valence-electron chi connectivity index (χ4n) is 1.90. The molecule has 0 amide bonds. The second-order valence-corrected chi connectivity index (χ2v) is 3.97. The average Bonchev–Trinajstić information content (AvgIpc) is 2.23. The van der Waals surface area contributed by atoms with Gasteiger partial charge in [0.05, 0.1) is 17.6 Å². The summed E-state index contributed by atoms with van der Waals surface area (Å²) in [5, 5.41) is 3.45. The van der Waals surface area contributed by atoms with Gasteiger partial charge in [-0.05, 0) is 18.9 Å². The van der Waals surface area contributed by atoms with Crippen molar-refractivity contribution in [2.45, 2.75) is 39.7 Å². The van der Waals surface area contributed by atoms with Gasteiger partial charge in [0.1, 0.15) is 0 Å². The molecule has 1 atom stereocenters. The molecular formula is C12H21N3. The molecule has 1 aromatic heterocycles. The number of nitrogens with two attached hydrogens (primary N) is 1. The zero-order valence-corrected chi connectivity index (χ0v) is 9.83. The standard InChI is InChI=1S/C12H21N3/c1-4-10(5-2)9(3)15-12-6-7-14-8-11(12)13/h6-10H,4-5,13H2,1-3H3,(H,14,15). The fourth-order valence-corrected chi connectivity index (χ4v) is 1.90. The highest BCUT2D eigenvalue weighted by atomic mass is 14.9. The molecule has 0 saturated heterocycles. The van der Waals surface area contributed by atoms with Crippen molar-refractivity contribution in [1.29, 1.82) is 0 Å². The summed E-state index contributed by atoms with van der Waals surface area (Å²) in [7, 11) is 0. The van der Waals surface area contributed by atoms with Crippen LogP contribution in [-0.4, -0.2) is 11.0 Å². The van der Waals surface area contributed by atoms with Crippen LogP contribution >= 0.6 is 0 Å². The first kappa shape index (κ1) is 11.8. The van der Waals surface area contributed by atoms with Gasteiger partial charge < -0.3 is 11.1 Å². The Bertz CT molecular complexity index is 295. The molecule has 0 aliphatic rings. The Morgan fingerprint density at radius 2 is 2.07 bits per heavy atom. The summed E-state index contributed by atoms with van der Waals surface area (Å²) in [5.41, 5.74) is 7.53. The van der Waals surface area contributed by atoms with Crippen LogP contribution in [0, 0.1) is 5.92 Å². The van der Waals surface area contributed by atoms with E-state index >= 15 is 0 Å². The third-order valence-electron chi connectivity index (χ3n) is 2.99. The largest absolute Gasteiger partial charge is 0.396 e. The number of hydrogen-bond acceptors (Lipinski definition) is 3. The van der Waals surface area contributed by atoms with Crippen LogP contribution in [-0.2, 0) is 0 Å². The average molecular weight is 207 g/mol. The summed E-state index contributed by atoms with van der Waals surface area (Å²) in [6, 6.07) is 2.37. The molecule has 3 N–H and O–H groups in total. The van der Waals surface area contributed by atoms with Crippen LogP contribution in [0.4, 0.5) is 11.4 Å². The van der Waals surface area contributed by atoms with Gasteiger partial charge >= 0.3 is 0 Å². The molecule has 0 radical (unpaired) electrons. The van der Waals surface area contributed by atoms with E-state index in [4.69, 9.17) is 5.73 Å². The van der Waals surface area contributed by atoms with Crippen molar-refractivity contribution in [2.75, 3.05) is 11.1 Å². The van der Waals surface area contributed by atoms with Gasteiger partial charge in [-0.3, -0.25) is 4.98 Å². The summed E-state index contributed by atoms with van der Waals surface area (Å²) in [6.45, 7) is 6.65. The molecule has 0 spiro atoms. The number of nitrogens with one attached hydrogen (secondary N) is 1. The lowest BCUT2D eigenvalue weighted by atomic mass is 9.95. The minimum absolute atomic E-state index is 0.449. The molecule has 15 heavy (non-hydrogen) atoms. The van der Waals surface area contributed by atoms with E-state index in [0.29, 0.717) is 12.0 Å². The molecule has 0 aliphatic heterocycles. The van der Waals surface area contributed by atoms with Crippen LogP contribution < -0.4 is 11.1 Å². The molecule has 0 fully saturated rings. The van der Waals surface area contributed by atoms with E-state index < -0.39 is 0 Å². The van der Waals surface area contributed by atoms with Crippen LogP contribution in [0.3, 0.4) is 0 Å². The molecule has 1 rings (SSSR count). The van der Waals surface area contributed by atoms with E-state index in [9.17, 15) is 0 Å². The monoisotopic (exact) mass is 207 g/mol. The smallest absolute Gasteiger partial charge is 0.0736 e. The minimum atomic E-state index is 0.449. The number of anilines is 2. The first-order valence-electron chi connectivity index (χ1n) is 5.65. The van der Waals surface area contributed by atoms with Crippen molar-refractivity contribution in [1.82, 2.24) is 4.98 Å². The number of pyridine rings is 1. The lowest BCUT2D eigenvalue weighted by Gasteiger charge is -2.24. The third-order valence-corrected chi connectivity index (χ3v) is 2.99. The van der Waals surface area contributed by atoms with Crippen molar-refractivity contribution in [2.24, 2.45) is 5.92 Å². The molecule has 3 heteroatoms. The highest BCUT2D eigenvalue weighted by Gasteiger charge is 2.13. The van der Waals surface area contributed by atoms with E-state index in [1.165, 1.54) is 12.8 Å². The zero-order valence-electron chi connectivity index (χ0n) is 9.83. The second-order valence-electron chi connectivity index (χ2n) is 3.97. The number of aromatic nitrogens is 1. The zero-order chi connectivity index (χ0) is 11.3. The van der Waals surface area contributed by atoms with Crippen molar-refractivity contribution >= 4 is 11.4 Å². The third kappa shape index (κ3) is 3.11. The summed E-state index contributed by atoms with van der Waals surface area (Å²) < 4.78 is 0. The fraction of sp³-hybridized carbons (Fsp3) is 0.583. The molecular weight excluding hydrogens is 186 g/mol. The Hall–Kier alpha value is -1.25. The van der Waals surface area contributed by atoms with E-state index in [-0.39, 0.29) is 0 Å². The predicted molar refractivity (Wildman–Crippen MR) is 65.8 cm³/mol. The number of nitrogen functional groups attached to an aromatic ring is 1. The van der Waals surface area contributed by atoms with Gasteiger partial charge in [-0.2, -0.15) is 0 Å². The molecule has 0 saturated carbocycles. The molecule has 0 aliphatic carbocycles. The SMILES string of the molecule is CCC(CC)C(C)Nc1ccncc1N. The maximum absolute atomic E-state index is 5.83. The van der Waals surface area contributed by atoms with Gasteiger partial charge in [0.2, 0.25) is 0 Å². The van der Waals surface area contributed by atoms with Crippen LogP contribution in [0.1, 0.15) is 33.6 Å². The van der Waals surface area contributed by atoms with Crippen LogP contribution in [0.25, 0.3) is 0 Å². The van der Waals surface area contributed by atoms with Gasteiger partial charge in [0, 0.05) is 12.2 Å². The van der Waals surface area contributed by atoms with Crippen molar-refractivity contribution in [3.8, 4) is 0 Å². The molecule has 0 aromatic carbocycles. The minimum Gasteiger partial charge on any atom is -0.396 e. The summed E-state index contributed by atoms with van der Waals surface area (Å²) in [4.78, 5) is 3.97. The summed E-state index contributed by atoms with van der Waals surface area (Å²) in [5.74, 6) is 0.692. The first-order valence-corrected chi connectivity index (χ1v) is 5.65. The van der Waals surface area contributed by atoms with Crippen LogP contribution in [0.5, 0.6) is 0 Å². The molecule has 0 bridgehead atoms. The Balaban J connectivity index is 2.65. The maximum Gasteiger partial charge on any atom is 0.0736 e. The van der Waals surface area contributed by atoms with Crippen molar-refractivity contribution < 1.29 is 0 Å². The normalized spacial score (nSPS) is 12.8. The lowest BCUT2D eigenvalue weighted by Crippen LogP contribution is -2.25. The second kappa shape index (κ2) is 5.59. The Morgan fingerprint density at radius 1 is 1.40 bits per heavy atom. The molecule has 1 aromatic rings. The highest BCUT2D eigenvalue weighted by Crippen LogP contribution is 2.21. The Labute approximate surface area is 92.1 Å². The van der Waals surface area contributed by atoms with E-state index in [1.54, 1.807) is 12.4 Å². The summed E-state index contributed by atoms with van der Waals surface area (Å²) in [6.07, 6.45) is 5.82. The molecule has 1 heterocycles. The van der Waals surface area contributed by atoms with Gasteiger partial charge in [-0.15, -0.1) is 0 Å². The van der Waals surface area contributed by atoms with Gasteiger partial charge in [-0.1, -0.05) is 26.7 Å². The van der Waals surface area contributed by atoms with Crippen molar-refractivity contribution in [3.63, 3.8) is 0 Å². The molecule has 3 nitrogen and oxygen atoms in total. The number of rotatable bonds is 5. The highest BCUT2D eigenvalue weighted by molar-refractivity contribution is 5.64. The summed E-state index contributed by atoms with van der Waals surface area (Å²) >= 11 is 0. The van der Waals surface area contributed by atoms with E-state index in [2.05, 4.69) is 31.1 Å². The van der Waals surface area contributed by atoms with E-state index in [1.807, 2.05) is 6.07 Å². The van der Waals surface area contributed by atoms with Gasteiger partial charge in [0.25, 0.3) is 0 Å². The molecule has 1 unspecified atom stereocenters. The lowest BCUT2D eigenvalue weighted by molar-refractivity contribution is 0.438.